The van der Waals surface area contributed by atoms with Gasteiger partial charge in [0.2, 0.25) is 0 Å². The largest absolute Gasteiger partial charge is 0.0961 e. The Kier molecular flexibility index (Phi) is 5.53. The van der Waals surface area contributed by atoms with Crippen LogP contribution in [0.1, 0.15) is 31.9 Å². The lowest BCUT2D eigenvalue weighted by atomic mass is 9.87. The third kappa shape index (κ3) is 4.03. The molecule has 0 unspecified atom stereocenters. The van der Waals surface area contributed by atoms with Crippen LogP contribution in [0.25, 0.3) is 16.3 Å². The van der Waals surface area contributed by atoms with Crippen molar-refractivity contribution >= 4 is 16.3 Å². The van der Waals surface area contributed by atoms with Crippen LogP contribution in [0.15, 0.2) is 102 Å². The third-order valence-corrected chi connectivity index (χ3v) is 4.57. The van der Waals surface area contributed by atoms with Gasteiger partial charge in [0.1, 0.15) is 0 Å². The van der Waals surface area contributed by atoms with Gasteiger partial charge < -0.3 is 0 Å². The topological polar surface area (TPSA) is 0 Å². The summed E-state index contributed by atoms with van der Waals surface area (Å²) in [6.07, 6.45) is 3.13. The lowest BCUT2D eigenvalue weighted by Gasteiger charge is -2.17. The lowest BCUT2D eigenvalue weighted by Crippen LogP contribution is -1.99. The quantitative estimate of drug-likeness (QED) is 0.426. The maximum atomic E-state index is 4.14. The molecule has 0 bridgehead atoms. The standard InChI is InChI=1S/C26H26/c1-19(2)17-24(26(20(3)4)22-12-6-5-7-13-22)18-23-15-10-14-21-11-8-9-16-25(21)23/h5-17H,1,18H2,2-4H3/b24-17-. The van der Waals surface area contributed by atoms with Gasteiger partial charge in [-0.3, -0.25) is 0 Å². The molecule has 0 atom stereocenters. The van der Waals surface area contributed by atoms with Gasteiger partial charge in [-0.2, -0.15) is 0 Å². The van der Waals surface area contributed by atoms with Crippen LogP contribution in [0.4, 0.5) is 0 Å². The second kappa shape index (κ2) is 8.01. The Hall–Kier alpha value is -2.86. The molecule has 0 aromatic heterocycles. The molecule has 0 aliphatic rings. The Balaban J connectivity index is 2.12. The molecule has 3 rings (SSSR count). The van der Waals surface area contributed by atoms with Gasteiger partial charge in [0.05, 0.1) is 0 Å². The van der Waals surface area contributed by atoms with Gasteiger partial charge in [-0.25, -0.2) is 0 Å². The zero-order valence-corrected chi connectivity index (χ0v) is 15.9. The highest BCUT2D eigenvalue weighted by Crippen LogP contribution is 2.32. The van der Waals surface area contributed by atoms with E-state index in [9.17, 15) is 0 Å². The molecule has 3 aromatic rings. The fourth-order valence-corrected chi connectivity index (χ4v) is 3.56. The average Bonchev–Trinajstić information content (AvgIpc) is 2.62. The van der Waals surface area contributed by atoms with Gasteiger partial charge in [0, 0.05) is 0 Å². The number of rotatable bonds is 5. The molecule has 0 saturated heterocycles. The van der Waals surface area contributed by atoms with E-state index in [-0.39, 0.29) is 0 Å². The minimum absolute atomic E-state index is 0.892. The Morgan fingerprint density at radius 1 is 0.808 bits per heavy atom. The summed E-state index contributed by atoms with van der Waals surface area (Å²) in [5.74, 6) is 0. The van der Waals surface area contributed by atoms with Crippen LogP contribution in [0.5, 0.6) is 0 Å². The molecule has 0 aliphatic heterocycles. The van der Waals surface area contributed by atoms with Crippen molar-refractivity contribution in [2.75, 3.05) is 0 Å². The molecule has 0 amide bonds. The first kappa shape index (κ1) is 17.9. The van der Waals surface area contributed by atoms with Crippen molar-refractivity contribution in [1.29, 1.82) is 0 Å². The van der Waals surface area contributed by atoms with Crippen LogP contribution >= 0.6 is 0 Å². The predicted octanol–water partition coefficient (Wildman–Crippen LogP) is 7.38. The first-order chi connectivity index (χ1) is 12.6. The first-order valence-electron chi connectivity index (χ1n) is 9.12. The highest BCUT2D eigenvalue weighted by Gasteiger charge is 2.12. The predicted molar refractivity (Wildman–Crippen MR) is 115 cm³/mol. The summed E-state index contributed by atoms with van der Waals surface area (Å²) < 4.78 is 0. The number of fused-ring (bicyclic) bond motifs is 1. The molecule has 3 aromatic carbocycles. The molecule has 0 fully saturated rings. The van der Waals surface area contributed by atoms with Crippen molar-refractivity contribution in [3.8, 4) is 0 Å². The van der Waals surface area contributed by atoms with E-state index in [1.165, 1.54) is 38.6 Å². The Labute approximate surface area is 157 Å². The van der Waals surface area contributed by atoms with Crippen LogP contribution in [0, 0.1) is 0 Å². The summed E-state index contributed by atoms with van der Waals surface area (Å²) in [6.45, 7) is 10.6. The van der Waals surface area contributed by atoms with E-state index in [0.29, 0.717) is 0 Å². The van der Waals surface area contributed by atoms with Gasteiger partial charge in [-0.1, -0.05) is 96.6 Å². The van der Waals surface area contributed by atoms with Gasteiger partial charge in [-0.15, -0.1) is 0 Å². The van der Waals surface area contributed by atoms with E-state index in [2.05, 4.69) is 106 Å². The minimum Gasteiger partial charge on any atom is -0.0961 e. The van der Waals surface area contributed by atoms with Crippen LogP contribution in [0.3, 0.4) is 0 Å². The molecule has 0 aliphatic carbocycles. The summed E-state index contributed by atoms with van der Waals surface area (Å²) in [6, 6.07) is 25.9. The fraction of sp³-hybridized carbons (Fsp3) is 0.154. The van der Waals surface area contributed by atoms with Gasteiger partial charge >= 0.3 is 0 Å². The third-order valence-electron chi connectivity index (χ3n) is 4.57. The van der Waals surface area contributed by atoms with E-state index in [4.69, 9.17) is 0 Å². The average molecular weight is 338 g/mol. The van der Waals surface area contributed by atoms with E-state index in [1.54, 1.807) is 0 Å². The van der Waals surface area contributed by atoms with E-state index in [0.717, 1.165) is 12.0 Å². The van der Waals surface area contributed by atoms with Crippen molar-refractivity contribution in [1.82, 2.24) is 0 Å². The smallest absolute Gasteiger partial charge is 0.00134 e. The van der Waals surface area contributed by atoms with Crippen molar-refractivity contribution in [3.05, 3.63) is 113 Å². The summed E-state index contributed by atoms with van der Waals surface area (Å²) in [5.41, 5.74) is 7.66. The van der Waals surface area contributed by atoms with Gasteiger partial charge in [0.25, 0.3) is 0 Å². The van der Waals surface area contributed by atoms with Crippen LogP contribution in [-0.4, -0.2) is 0 Å². The van der Waals surface area contributed by atoms with Crippen LogP contribution in [0.2, 0.25) is 0 Å². The lowest BCUT2D eigenvalue weighted by molar-refractivity contribution is 1.20. The molecule has 0 heteroatoms. The van der Waals surface area contributed by atoms with Gasteiger partial charge in [0.15, 0.2) is 0 Å². The summed E-state index contributed by atoms with van der Waals surface area (Å²) in [4.78, 5) is 0. The van der Waals surface area contributed by atoms with Crippen molar-refractivity contribution in [2.24, 2.45) is 0 Å². The monoisotopic (exact) mass is 338 g/mol. The van der Waals surface area contributed by atoms with E-state index in [1.807, 2.05) is 0 Å². The number of allylic oxidation sites excluding steroid dienone is 5. The van der Waals surface area contributed by atoms with Crippen molar-refractivity contribution < 1.29 is 0 Å². The summed E-state index contributed by atoms with van der Waals surface area (Å²) in [5, 5.41) is 2.61. The summed E-state index contributed by atoms with van der Waals surface area (Å²) >= 11 is 0. The second-order valence-electron chi connectivity index (χ2n) is 7.07. The fourth-order valence-electron chi connectivity index (χ4n) is 3.56. The molecule has 0 saturated carbocycles. The SMILES string of the molecule is C=C(C)/C=C(/Cc1cccc2ccccc12)C(=C(C)C)c1ccccc1. The Bertz CT molecular complexity index is 975. The number of hydrogen-bond acceptors (Lipinski definition) is 0. The Morgan fingerprint density at radius 3 is 2.15 bits per heavy atom. The number of benzene rings is 3. The first-order valence-corrected chi connectivity index (χ1v) is 9.12. The zero-order valence-electron chi connectivity index (χ0n) is 15.9. The maximum absolute atomic E-state index is 4.14. The molecule has 0 N–H and O–H groups in total. The molecule has 0 radical (unpaired) electrons. The molecular weight excluding hydrogens is 312 g/mol. The molecular formula is C26H26. The van der Waals surface area contributed by atoms with Gasteiger partial charge in [-0.05, 0) is 60.2 Å². The minimum atomic E-state index is 0.892. The molecule has 26 heavy (non-hydrogen) atoms. The van der Waals surface area contributed by atoms with Crippen molar-refractivity contribution in [2.45, 2.75) is 27.2 Å². The second-order valence-corrected chi connectivity index (χ2v) is 7.07. The Morgan fingerprint density at radius 2 is 1.46 bits per heavy atom. The summed E-state index contributed by atoms with van der Waals surface area (Å²) in [7, 11) is 0. The highest BCUT2D eigenvalue weighted by atomic mass is 14.2. The number of hydrogen-bond donors (Lipinski definition) is 0. The van der Waals surface area contributed by atoms with Crippen molar-refractivity contribution in [3.63, 3.8) is 0 Å². The highest BCUT2D eigenvalue weighted by molar-refractivity contribution is 5.88. The zero-order chi connectivity index (χ0) is 18.5. The molecule has 0 spiro atoms. The normalized spacial score (nSPS) is 11.4. The van der Waals surface area contributed by atoms with E-state index < -0.39 is 0 Å². The molecule has 0 heterocycles. The van der Waals surface area contributed by atoms with E-state index >= 15 is 0 Å². The maximum Gasteiger partial charge on any atom is -0.00134 e. The van der Waals surface area contributed by atoms with Crippen LogP contribution < -0.4 is 0 Å². The molecule has 0 nitrogen and oxygen atoms in total. The van der Waals surface area contributed by atoms with Crippen LogP contribution in [-0.2, 0) is 6.42 Å². The molecule has 130 valence electrons.